The largest absolute Gasteiger partial charge is 0.489 e. The van der Waals surface area contributed by atoms with Crippen LogP contribution in [0.1, 0.15) is 34.3 Å². The number of hydrogen-bond acceptors (Lipinski definition) is 5. The van der Waals surface area contributed by atoms with Gasteiger partial charge in [-0.25, -0.2) is 0 Å². The number of Topliss-reactive ketones (excluding diaryl/α,β-unsaturated/α-hetero) is 1. The Kier molecular flexibility index (Phi) is 6.30. The van der Waals surface area contributed by atoms with Crippen LogP contribution in [0.15, 0.2) is 77.7 Å². The SMILES string of the molecule is O=C(Cn1ccc(OCc2ccccc2)cc1=O)c1ccc(CNCC2(O)CC2)cc1. The highest BCUT2D eigenvalue weighted by molar-refractivity contribution is 5.95. The third-order valence-corrected chi connectivity index (χ3v) is 5.42. The van der Waals surface area contributed by atoms with E-state index in [2.05, 4.69) is 5.32 Å². The number of ether oxygens (including phenoxy) is 1. The minimum absolute atomic E-state index is 0.0254. The quantitative estimate of drug-likeness (QED) is 0.495. The first-order valence-electron chi connectivity index (χ1n) is 10.4. The van der Waals surface area contributed by atoms with Gasteiger partial charge in [-0.1, -0.05) is 54.6 Å². The van der Waals surface area contributed by atoms with Crippen LogP contribution in [0.3, 0.4) is 0 Å². The van der Waals surface area contributed by atoms with Gasteiger partial charge in [0.25, 0.3) is 5.56 Å². The average molecular weight is 418 g/mol. The third-order valence-electron chi connectivity index (χ3n) is 5.42. The second-order valence-corrected chi connectivity index (χ2v) is 8.05. The van der Waals surface area contributed by atoms with E-state index < -0.39 is 5.60 Å². The summed E-state index contributed by atoms with van der Waals surface area (Å²) in [5, 5.41) is 13.1. The molecule has 1 saturated carbocycles. The molecule has 1 heterocycles. The van der Waals surface area contributed by atoms with Gasteiger partial charge < -0.3 is 19.7 Å². The topological polar surface area (TPSA) is 80.6 Å². The number of pyridine rings is 1. The second-order valence-electron chi connectivity index (χ2n) is 8.05. The summed E-state index contributed by atoms with van der Waals surface area (Å²) in [7, 11) is 0. The van der Waals surface area contributed by atoms with E-state index in [9.17, 15) is 14.7 Å². The van der Waals surface area contributed by atoms with Gasteiger partial charge in [0.05, 0.1) is 12.1 Å². The van der Waals surface area contributed by atoms with E-state index in [4.69, 9.17) is 4.74 Å². The zero-order valence-corrected chi connectivity index (χ0v) is 17.3. The van der Waals surface area contributed by atoms with Crippen molar-refractivity contribution in [2.24, 2.45) is 0 Å². The second kappa shape index (κ2) is 9.29. The smallest absolute Gasteiger partial charge is 0.254 e. The van der Waals surface area contributed by atoms with Gasteiger partial charge in [-0.3, -0.25) is 9.59 Å². The molecule has 1 aliphatic carbocycles. The van der Waals surface area contributed by atoms with Crippen molar-refractivity contribution in [1.29, 1.82) is 0 Å². The molecule has 1 aromatic heterocycles. The number of nitrogens with one attached hydrogen (secondary N) is 1. The van der Waals surface area contributed by atoms with E-state index in [0.29, 0.717) is 31.0 Å². The highest BCUT2D eigenvalue weighted by Crippen LogP contribution is 2.33. The van der Waals surface area contributed by atoms with Crippen molar-refractivity contribution in [3.8, 4) is 5.75 Å². The average Bonchev–Trinajstić information content (AvgIpc) is 3.52. The van der Waals surface area contributed by atoms with Crippen molar-refractivity contribution in [3.63, 3.8) is 0 Å². The van der Waals surface area contributed by atoms with Crippen molar-refractivity contribution in [3.05, 3.63) is 100.0 Å². The number of aromatic nitrogens is 1. The maximum atomic E-state index is 12.6. The van der Waals surface area contributed by atoms with Gasteiger partial charge in [0, 0.05) is 30.9 Å². The monoisotopic (exact) mass is 418 g/mol. The van der Waals surface area contributed by atoms with Crippen LogP contribution >= 0.6 is 0 Å². The number of carbonyl (C=O) groups is 1. The van der Waals surface area contributed by atoms with Crippen LogP contribution in [-0.4, -0.2) is 27.6 Å². The summed E-state index contributed by atoms with van der Waals surface area (Å²) in [5.41, 5.74) is 1.81. The number of hydrogen-bond donors (Lipinski definition) is 2. The molecular weight excluding hydrogens is 392 g/mol. The highest BCUT2D eigenvalue weighted by Gasteiger charge is 2.39. The molecule has 0 saturated heterocycles. The predicted molar refractivity (Wildman–Crippen MR) is 118 cm³/mol. The molecule has 2 N–H and O–H groups in total. The molecule has 2 aromatic carbocycles. The molecule has 1 fully saturated rings. The van der Waals surface area contributed by atoms with Crippen LogP contribution in [0.4, 0.5) is 0 Å². The van der Waals surface area contributed by atoms with Crippen molar-refractivity contribution in [2.45, 2.75) is 38.1 Å². The lowest BCUT2D eigenvalue weighted by molar-refractivity contribution is 0.0970. The van der Waals surface area contributed by atoms with Crippen LogP contribution in [0.5, 0.6) is 5.75 Å². The standard InChI is InChI=1S/C25H26N2O4/c28-23(21-8-6-19(7-9-21)15-26-18-25(30)11-12-25)16-27-13-10-22(14-24(27)29)31-17-20-4-2-1-3-5-20/h1-10,13-14,26,30H,11-12,15-18H2. The van der Waals surface area contributed by atoms with Crippen LogP contribution in [0.2, 0.25) is 0 Å². The molecule has 0 amide bonds. The van der Waals surface area contributed by atoms with E-state index in [1.807, 2.05) is 42.5 Å². The fourth-order valence-corrected chi connectivity index (χ4v) is 3.27. The van der Waals surface area contributed by atoms with Crippen molar-refractivity contribution < 1.29 is 14.6 Å². The molecule has 160 valence electrons. The summed E-state index contributed by atoms with van der Waals surface area (Å²) in [5.74, 6) is 0.345. The van der Waals surface area contributed by atoms with Gasteiger partial charge in [0.2, 0.25) is 0 Å². The molecule has 0 aliphatic heterocycles. The van der Waals surface area contributed by atoms with Gasteiger partial charge in [0.15, 0.2) is 5.78 Å². The summed E-state index contributed by atoms with van der Waals surface area (Å²) in [6.45, 7) is 1.58. The minimum Gasteiger partial charge on any atom is -0.489 e. The molecule has 0 bridgehead atoms. The van der Waals surface area contributed by atoms with Gasteiger partial charge in [-0.15, -0.1) is 0 Å². The summed E-state index contributed by atoms with van der Waals surface area (Å²) < 4.78 is 7.05. The van der Waals surface area contributed by atoms with Crippen molar-refractivity contribution in [1.82, 2.24) is 9.88 Å². The minimum atomic E-state index is -0.523. The Labute approximate surface area is 181 Å². The van der Waals surface area contributed by atoms with Crippen LogP contribution in [0, 0.1) is 0 Å². The summed E-state index contributed by atoms with van der Waals surface area (Å²) in [4.78, 5) is 25.0. The molecule has 31 heavy (non-hydrogen) atoms. The Morgan fingerprint density at radius 1 is 1.03 bits per heavy atom. The lowest BCUT2D eigenvalue weighted by Crippen LogP contribution is -2.27. The highest BCUT2D eigenvalue weighted by atomic mass is 16.5. The summed E-state index contributed by atoms with van der Waals surface area (Å²) >= 11 is 0. The number of aliphatic hydroxyl groups is 1. The first-order chi connectivity index (χ1) is 15.0. The molecule has 6 nitrogen and oxygen atoms in total. The molecule has 0 radical (unpaired) electrons. The lowest BCUT2D eigenvalue weighted by Gasteiger charge is -2.10. The molecule has 4 rings (SSSR count). The molecule has 3 aromatic rings. The normalized spacial score (nSPS) is 14.2. The van der Waals surface area contributed by atoms with E-state index >= 15 is 0 Å². The Balaban J connectivity index is 1.30. The Morgan fingerprint density at radius 2 is 1.77 bits per heavy atom. The van der Waals surface area contributed by atoms with Gasteiger partial charge >= 0.3 is 0 Å². The zero-order chi connectivity index (χ0) is 21.7. The van der Waals surface area contributed by atoms with Gasteiger partial charge in [-0.2, -0.15) is 0 Å². The number of ketones is 1. The van der Waals surface area contributed by atoms with E-state index in [1.54, 1.807) is 24.4 Å². The van der Waals surface area contributed by atoms with Crippen LogP contribution < -0.4 is 15.6 Å². The molecule has 0 atom stereocenters. The fourth-order valence-electron chi connectivity index (χ4n) is 3.27. The fraction of sp³-hybridized carbons (Fsp3) is 0.280. The molecule has 0 unspecified atom stereocenters. The third kappa shape index (κ3) is 5.90. The van der Waals surface area contributed by atoms with E-state index in [-0.39, 0.29) is 17.9 Å². The van der Waals surface area contributed by atoms with E-state index in [0.717, 1.165) is 24.0 Å². The first-order valence-corrected chi connectivity index (χ1v) is 10.4. The van der Waals surface area contributed by atoms with Gasteiger partial charge in [-0.05, 0) is 30.0 Å². The Morgan fingerprint density at radius 3 is 2.45 bits per heavy atom. The number of benzene rings is 2. The van der Waals surface area contributed by atoms with E-state index in [1.165, 1.54) is 10.6 Å². The van der Waals surface area contributed by atoms with Crippen molar-refractivity contribution in [2.75, 3.05) is 6.54 Å². The van der Waals surface area contributed by atoms with Crippen molar-refractivity contribution >= 4 is 5.78 Å². The summed E-state index contributed by atoms with van der Waals surface area (Å²) in [6, 6.07) is 20.1. The number of carbonyl (C=O) groups excluding carboxylic acids is 1. The maximum Gasteiger partial charge on any atom is 0.254 e. The molecule has 0 spiro atoms. The Bertz CT molecular complexity index is 1090. The number of rotatable bonds is 10. The lowest BCUT2D eigenvalue weighted by atomic mass is 10.1. The molecule has 1 aliphatic rings. The Hall–Kier alpha value is -3.22. The molecule has 6 heteroatoms. The zero-order valence-electron chi connectivity index (χ0n) is 17.3. The summed E-state index contributed by atoms with van der Waals surface area (Å²) in [6.07, 6.45) is 3.29. The van der Waals surface area contributed by atoms with Crippen LogP contribution in [0.25, 0.3) is 0 Å². The van der Waals surface area contributed by atoms with Crippen LogP contribution in [-0.2, 0) is 19.7 Å². The predicted octanol–water partition coefficient (Wildman–Crippen LogP) is 2.92. The number of nitrogens with zero attached hydrogens (tertiary/aromatic N) is 1. The maximum absolute atomic E-state index is 12.6. The molecular formula is C25H26N2O4. The first kappa shape index (κ1) is 21.0. The van der Waals surface area contributed by atoms with Gasteiger partial charge in [0.1, 0.15) is 12.4 Å².